The summed E-state index contributed by atoms with van der Waals surface area (Å²) in [5, 5.41) is 6.48. The van der Waals surface area contributed by atoms with Crippen LogP contribution < -0.4 is 20.1 Å². The molecule has 2 atom stereocenters. The second-order valence-corrected chi connectivity index (χ2v) is 15.6. The number of hydrogen-bond donors (Lipinski definition) is 2. The summed E-state index contributed by atoms with van der Waals surface area (Å²) in [6.07, 6.45) is 0. The lowest BCUT2D eigenvalue weighted by molar-refractivity contribution is 0.0858. The van der Waals surface area contributed by atoms with Crippen LogP contribution in [0.3, 0.4) is 0 Å². The van der Waals surface area contributed by atoms with Crippen molar-refractivity contribution in [2.24, 2.45) is 10.8 Å². The zero-order valence-corrected chi connectivity index (χ0v) is 31.3. The van der Waals surface area contributed by atoms with Crippen LogP contribution in [0.5, 0.6) is 11.5 Å². The summed E-state index contributed by atoms with van der Waals surface area (Å²) < 4.78 is 13.5. The van der Waals surface area contributed by atoms with E-state index in [9.17, 15) is 9.59 Å². The number of halogens is 1. The zero-order chi connectivity index (χ0) is 33.9. The van der Waals surface area contributed by atoms with Gasteiger partial charge in [-0.05, 0) is 109 Å². The van der Waals surface area contributed by atoms with E-state index < -0.39 is 0 Å². The van der Waals surface area contributed by atoms with Crippen molar-refractivity contribution in [2.45, 2.75) is 95.2 Å². The Morgan fingerprint density at radius 1 is 0.644 bits per heavy atom. The maximum Gasteiger partial charge on any atom is 0.252 e. The fraction of sp³-hybridized carbons (Fsp3) is 0.474. The van der Waals surface area contributed by atoms with Gasteiger partial charge < -0.3 is 20.1 Å². The molecule has 6 nitrogen and oxygen atoms in total. The van der Waals surface area contributed by atoms with Crippen molar-refractivity contribution in [3.63, 3.8) is 0 Å². The first-order chi connectivity index (χ1) is 20.8. The fourth-order valence-electron chi connectivity index (χ4n) is 5.61. The average molecular weight is 727 g/mol. The van der Waals surface area contributed by atoms with Gasteiger partial charge in [0.1, 0.15) is 24.7 Å². The Hall–Kier alpha value is -3.07. The number of hydrogen-bond acceptors (Lipinski definition) is 4. The van der Waals surface area contributed by atoms with Crippen LogP contribution in [0.2, 0.25) is 0 Å². The Bertz CT molecular complexity index is 1390. The van der Waals surface area contributed by atoms with Crippen LogP contribution >= 0.6 is 22.6 Å². The van der Waals surface area contributed by atoms with Crippen LogP contribution in [0.25, 0.3) is 0 Å². The van der Waals surface area contributed by atoms with E-state index in [1.807, 2.05) is 84.0 Å². The highest BCUT2D eigenvalue weighted by Crippen LogP contribution is 2.32. The zero-order valence-electron chi connectivity index (χ0n) is 29.1. The van der Waals surface area contributed by atoms with E-state index in [-0.39, 0.29) is 34.7 Å². The van der Waals surface area contributed by atoms with Gasteiger partial charge >= 0.3 is 0 Å². The molecule has 0 bridgehead atoms. The third-order valence-electron chi connectivity index (χ3n) is 8.25. The molecule has 0 fully saturated rings. The van der Waals surface area contributed by atoms with Gasteiger partial charge in [-0.15, -0.1) is 0 Å². The second-order valence-electron chi connectivity index (χ2n) is 14.5. The lowest BCUT2D eigenvalue weighted by Gasteiger charge is -2.32. The van der Waals surface area contributed by atoms with Gasteiger partial charge in [0.2, 0.25) is 0 Å². The predicted molar refractivity (Wildman–Crippen MR) is 193 cm³/mol. The Morgan fingerprint density at radius 3 is 1.24 bits per heavy atom. The molecule has 3 aromatic carbocycles. The molecule has 0 heterocycles. The molecule has 3 aromatic rings. The van der Waals surface area contributed by atoms with E-state index in [1.165, 1.54) is 0 Å². The van der Waals surface area contributed by atoms with Crippen molar-refractivity contribution in [2.75, 3.05) is 13.2 Å². The molecule has 0 saturated carbocycles. The van der Waals surface area contributed by atoms with E-state index in [0.717, 1.165) is 37.0 Å². The van der Waals surface area contributed by atoms with Crippen molar-refractivity contribution in [1.82, 2.24) is 10.6 Å². The number of benzene rings is 3. The van der Waals surface area contributed by atoms with Gasteiger partial charge in [0, 0.05) is 11.1 Å². The van der Waals surface area contributed by atoms with Crippen molar-refractivity contribution in [3.05, 3.63) is 90.5 Å². The lowest BCUT2D eigenvalue weighted by atomic mass is 9.86. The van der Waals surface area contributed by atoms with Crippen LogP contribution in [0.15, 0.2) is 42.5 Å². The number of nitrogens with one attached hydrogen (secondary N) is 2. The molecule has 3 rings (SSSR count). The maximum atomic E-state index is 13.4. The van der Waals surface area contributed by atoms with Gasteiger partial charge in [-0.2, -0.15) is 0 Å². The Balaban J connectivity index is 1.74. The number of aryl methyl sites for hydroxylation is 6. The third-order valence-corrected chi connectivity index (χ3v) is 9.31. The first-order valence-electron chi connectivity index (χ1n) is 15.6. The van der Waals surface area contributed by atoms with E-state index >= 15 is 0 Å². The summed E-state index contributed by atoms with van der Waals surface area (Å²) in [6, 6.07) is 13.4. The van der Waals surface area contributed by atoms with Gasteiger partial charge in [-0.3, -0.25) is 9.59 Å². The highest BCUT2D eigenvalue weighted by Gasteiger charge is 2.30. The molecule has 0 aliphatic rings. The largest absolute Gasteiger partial charge is 0.490 e. The van der Waals surface area contributed by atoms with Gasteiger partial charge in [-0.1, -0.05) is 83.0 Å². The Kier molecular flexibility index (Phi) is 11.8. The molecule has 2 amide bonds. The minimum absolute atomic E-state index is 0.0911. The first kappa shape index (κ1) is 36.4. The van der Waals surface area contributed by atoms with E-state index in [4.69, 9.17) is 9.47 Å². The first-order valence-corrected chi connectivity index (χ1v) is 16.7. The summed E-state index contributed by atoms with van der Waals surface area (Å²) in [6.45, 7) is 25.2. The average Bonchev–Trinajstić information content (AvgIpc) is 2.87. The molecule has 244 valence electrons. The molecule has 0 unspecified atom stereocenters. The summed E-state index contributed by atoms with van der Waals surface area (Å²) in [5.74, 6) is 1.18. The number of carbonyl (C=O) groups is 2. The molecular weight excluding hydrogens is 675 g/mol. The minimum Gasteiger partial charge on any atom is -0.490 e. The summed E-state index contributed by atoms with van der Waals surface area (Å²) in [7, 11) is 0. The smallest absolute Gasteiger partial charge is 0.252 e. The molecule has 0 radical (unpaired) electrons. The van der Waals surface area contributed by atoms with Crippen molar-refractivity contribution in [3.8, 4) is 11.5 Å². The van der Waals surface area contributed by atoms with Crippen LogP contribution in [-0.2, 0) is 0 Å². The van der Waals surface area contributed by atoms with E-state index in [2.05, 4.69) is 74.8 Å². The predicted octanol–water partition coefficient (Wildman–Crippen LogP) is 8.59. The molecule has 45 heavy (non-hydrogen) atoms. The summed E-state index contributed by atoms with van der Waals surface area (Å²) in [4.78, 5) is 26.8. The third kappa shape index (κ3) is 9.47. The Labute approximate surface area is 284 Å². The topological polar surface area (TPSA) is 76.7 Å². The number of amides is 2. The van der Waals surface area contributed by atoms with E-state index in [0.29, 0.717) is 35.8 Å². The van der Waals surface area contributed by atoms with Gasteiger partial charge in [-0.25, -0.2) is 0 Å². The van der Waals surface area contributed by atoms with Crippen molar-refractivity contribution in [1.29, 1.82) is 0 Å². The number of ether oxygens (including phenoxy) is 2. The van der Waals surface area contributed by atoms with Crippen molar-refractivity contribution >= 4 is 34.4 Å². The summed E-state index contributed by atoms with van der Waals surface area (Å²) in [5.41, 5.74) is 7.09. The number of carbonyl (C=O) groups excluding carboxylic acids is 2. The Morgan fingerprint density at radius 2 is 0.956 bits per heavy atom. The fourth-order valence-corrected chi connectivity index (χ4v) is 6.28. The van der Waals surface area contributed by atoms with Gasteiger partial charge in [0.25, 0.3) is 11.8 Å². The second kappa shape index (κ2) is 14.6. The van der Waals surface area contributed by atoms with Crippen LogP contribution in [0.4, 0.5) is 0 Å². The molecule has 0 saturated heterocycles. The molecular formula is C38H51IN2O4. The monoisotopic (exact) mass is 726 g/mol. The van der Waals surface area contributed by atoms with Crippen LogP contribution in [0, 0.1) is 55.9 Å². The molecule has 0 spiro atoms. The quantitative estimate of drug-likeness (QED) is 0.205. The molecule has 0 aromatic heterocycles. The van der Waals surface area contributed by atoms with Crippen LogP contribution in [-0.4, -0.2) is 37.1 Å². The molecule has 2 N–H and O–H groups in total. The highest BCUT2D eigenvalue weighted by molar-refractivity contribution is 14.1. The normalized spacial score (nSPS) is 13.2. The SMILES string of the molecule is Cc1cc(C)c(C(=O)N[C@H](COc2cccc(OC[C@@H](NC(=O)c3c(C)cc(C)cc3C)C(C)(C)C)c2I)C(C)(C)C)c(C)c1. The standard InChI is InChI=1S/C38H51IN2O4/c1-22-16-24(3)32(25(4)17-22)35(42)40-30(37(7,8)9)20-44-28-14-13-15-29(34(28)39)45-21-31(38(10,11)12)41-36(43)33-26(5)18-23(2)19-27(33)6/h13-19,30-31H,20-21H2,1-12H3,(H,40,42)(H,41,43)/t30-,31-/m1/s1. The number of rotatable bonds is 10. The molecule has 7 heteroatoms. The summed E-state index contributed by atoms with van der Waals surface area (Å²) >= 11 is 2.24. The highest BCUT2D eigenvalue weighted by atomic mass is 127. The van der Waals surface area contributed by atoms with Gasteiger partial charge in [0.15, 0.2) is 0 Å². The molecule has 0 aliphatic carbocycles. The minimum atomic E-state index is -0.242. The van der Waals surface area contributed by atoms with Crippen molar-refractivity contribution < 1.29 is 19.1 Å². The van der Waals surface area contributed by atoms with E-state index in [1.54, 1.807) is 0 Å². The molecule has 0 aliphatic heterocycles. The van der Waals surface area contributed by atoms with Crippen LogP contribution in [0.1, 0.15) is 95.6 Å². The van der Waals surface area contributed by atoms with Gasteiger partial charge in [0.05, 0.1) is 15.7 Å². The maximum absolute atomic E-state index is 13.4. The lowest BCUT2D eigenvalue weighted by Crippen LogP contribution is -2.48.